The molecule has 18 heavy (non-hydrogen) atoms. The second-order valence-corrected chi connectivity index (χ2v) is 5.07. The summed E-state index contributed by atoms with van der Waals surface area (Å²) in [6.45, 7) is 8.44. The molecule has 0 aliphatic carbocycles. The van der Waals surface area contributed by atoms with Crippen LogP contribution >= 0.6 is 11.6 Å². The first kappa shape index (κ1) is 13.5. The molecule has 1 aromatic rings. The molecule has 0 amide bonds. The Morgan fingerprint density at radius 3 is 2.72 bits per heavy atom. The van der Waals surface area contributed by atoms with Crippen molar-refractivity contribution in [3.63, 3.8) is 0 Å². The normalized spacial score (nSPS) is 17.9. The van der Waals surface area contributed by atoms with Gasteiger partial charge in [0.15, 0.2) is 0 Å². The fourth-order valence-corrected chi connectivity index (χ4v) is 2.14. The minimum atomic E-state index is 0.520. The van der Waals surface area contributed by atoms with Gasteiger partial charge in [0.25, 0.3) is 0 Å². The molecular weight excluding hydrogens is 250 g/mol. The number of hydrogen-bond donors (Lipinski definition) is 1. The molecule has 0 atom stereocenters. The summed E-state index contributed by atoms with van der Waals surface area (Å²) in [7, 11) is 2.17. The lowest BCUT2D eigenvalue weighted by molar-refractivity contribution is 0.158. The Balaban J connectivity index is 1.77. The van der Waals surface area contributed by atoms with Crippen molar-refractivity contribution in [2.24, 2.45) is 0 Å². The highest BCUT2D eigenvalue weighted by Gasteiger charge is 2.13. The van der Waals surface area contributed by atoms with Gasteiger partial charge >= 0.3 is 0 Å². The van der Waals surface area contributed by atoms with E-state index in [2.05, 4.69) is 32.1 Å². The number of piperazine rings is 1. The summed E-state index contributed by atoms with van der Waals surface area (Å²) in [5.41, 5.74) is 0.914. The van der Waals surface area contributed by atoms with Gasteiger partial charge in [-0.3, -0.25) is 4.90 Å². The number of rotatable bonds is 4. The predicted octanol–water partition coefficient (Wildman–Crippen LogP) is 1.10. The molecule has 0 radical (unpaired) electrons. The summed E-state index contributed by atoms with van der Waals surface area (Å²) in [5, 5.41) is 3.84. The third kappa shape index (κ3) is 3.54. The van der Waals surface area contributed by atoms with Crippen LogP contribution in [0.2, 0.25) is 5.15 Å². The van der Waals surface area contributed by atoms with Crippen molar-refractivity contribution in [2.45, 2.75) is 6.92 Å². The van der Waals surface area contributed by atoms with Crippen molar-refractivity contribution in [1.29, 1.82) is 0 Å². The standard InChI is InChI=1S/C12H20ClN5/c1-10-11(13)15-9-16-12(10)14-3-4-18-7-5-17(2)6-8-18/h9H,3-8H2,1-2H3,(H,14,15,16). The van der Waals surface area contributed by atoms with E-state index in [0.29, 0.717) is 5.15 Å². The molecule has 100 valence electrons. The Kier molecular flexibility index (Phi) is 4.74. The summed E-state index contributed by atoms with van der Waals surface area (Å²) in [5.74, 6) is 0.837. The molecule has 0 bridgehead atoms. The number of halogens is 1. The number of likely N-dealkylation sites (N-methyl/N-ethyl adjacent to an activating group) is 1. The Labute approximate surface area is 113 Å². The number of aromatic nitrogens is 2. The average Bonchev–Trinajstić information content (AvgIpc) is 2.37. The fraction of sp³-hybridized carbons (Fsp3) is 0.667. The molecule has 6 heteroatoms. The van der Waals surface area contributed by atoms with Crippen LogP contribution in [0.4, 0.5) is 5.82 Å². The fourth-order valence-electron chi connectivity index (χ4n) is 2.01. The van der Waals surface area contributed by atoms with Crippen molar-refractivity contribution in [3.05, 3.63) is 17.0 Å². The van der Waals surface area contributed by atoms with E-state index < -0.39 is 0 Å². The van der Waals surface area contributed by atoms with Crippen molar-refractivity contribution < 1.29 is 0 Å². The van der Waals surface area contributed by atoms with Crippen LogP contribution in [-0.4, -0.2) is 66.1 Å². The molecule has 1 aromatic heterocycles. The zero-order valence-corrected chi connectivity index (χ0v) is 11.7. The lowest BCUT2D eigenvalue weighted by Crippen LogP contribution is -2.45. The predicted molar refractivity (Wildman–Crippen MR) is 74.2 cm³/mol. The van der Waals surface area contributed by atoms with Gasteiger partial charge in [0.1, 0.15) is 17.3 Å². The molecule has 0 spiro atoms. The molecular formula is C12H20ClN5. The highest BCUT2D eigenvalue weighted by atomic mass is 35.5. The maximum atomic E-state index is 5.95. The molecule has 5 nitrogen and oxygen atoms in total. The monoisotopic (exact) mass is 269 g/mol. The lowest BCUT2D eigenvalue weighted by atomic mass is 10.3. The maximum absolute atomic E-state index is 5.95. The smallest absolute Gasteiger partial charge is 0.137 e. The zero-order valence-electron chi connectivity index (χ0n) is 11.0. The quantitative estimate of drug-likeness (QED) is 0.830. The third-order valence-electron chi connectivity index (χ3n) is 3.34. The first-order chi connectivity index (χ1) is 8.66. The van der Waals surface area contributed by atoms with Crippen molar-refractivity contribution in [1.82, 2.24) is 19.8 Å². The van der Waals surface area contributed by atoms with Gasteiger partial charge in [0.2, 0.25) is 0 Å². The minimum Gasteiger partial charge on any atom is -0.368 e. The van der Waals surface area contributed by atoms with Crippen LogP contribution in [0.3, 0.4) is 0 Å². The summed E-state index contributed by atoms with van der Waals surface area (Å²) >= 11 is 5.95. The average molecular weight is 270 g/mol. The second-order valence-electron chi connectivity index (χ2n) is 4.71. The summed E-state index contributed by atoms with van der Waals surface area (Å²) in [4.78, 5) is 13.0. The lowest BCUT2D eigenvalue weighted by Gasteiger charge is -2.32. The highest BCUT2D eigenvalue weighted by molar-refractivity contribution is 6.30. The molecule has 0 aromatic carbocycles. The van der Waals surface area contributed by atoms with E-state index in [-0.39, 0.29) is 0 Å². The third-order valence-corrected chi connectivity index (χ3v) is 3.72. The maximum Gasteiger partial charge on any atom is 0.137 e. The van der Waals surface area contributed by atoms with Gasteiger partial charge in [0, 0.05) is 44.8 Å². The van der Waals surface area contributed by atoms with Gasteiger partial charge in [0.05, 0.1) is 0 Å². The highest BCUT2D eigenvalue weighted by Crippen LogP contribution is 2.17. The van der Waals surface area contributed by atoms with Crippen LogP contribution in [0.15, 0.2) is 6.33 Å². The van der Waals surface area contributed by atoms with Gasteiger partial charge in [-0.2, -0.15) is 0 Å². The van der Waals surface area contributed by atoms with Crippen molar-refractivity contribution >= 4 is 17.4 Å². The van der Waals surface area contributed by atoms with E-state index in [1.54, 1.807) is 0 Å². The van der Waals surface area contributed by atoms with Crippen LogP contribution in [-0.2, 0) is 0 Å². The Bertz CT molecular complexity index is 390. The van der Waals surface area contributed by atoms with Gasteiger partial charge in [-0.25, -0.2) is 9.97 Å². The molecule has 0 saturated carbocycles. The summed E-state index contributed by atoms with van der Waals surface area (Å²) in [6.07, 6.45) is 1.49. The first-order valence-corrected chi connectivity index (χ1v) is 6.66. The van der Waals surface area contributed by atoms with Gasteiger partial charge < -0.3 is 10.2 Å². The molecule has 1 saturated heterocycles. The van der Waals surface area contributed by atoms with E-state index in [0.717, 1.165) is 50.6 Å². The van der Waals surface area contributed by atoms with E-state index in [1.807, 2.05) is 6.92 Å². The zero-order chi connectivity index (χ0) is 13.0. The Morgan fingerprint density at radius 2 is 2.00 bits per heavy atom. The Hall–Kier alpha value is -0.910. The number of nitrogens with one attached hydrogen (secondary N) is 1. The number of anilines is 1. The number of hydrogen-bond acceptors (Lipinski definition) is 5. The van der Waals surface area contributed by atoms with Crippen LogP contribution in [0.1, 0.15) is 5.56 Å². The number of nitrogens with zero attached hydrogens (tertiary/aromatic N) is 4. The van der Waals surface area contributed by atoms with Crippen LogP contribution in [0.25, 0.3) is 0 Å². The molecule has 1 fully saturated rings. The van der Waals surface area contributed by atoms with Gasteiger partial charge in [-0.05, 0) is 14.0 Å². The van der Waals surface area contributed by atoms with Crippen LogP contribution < -0.4 is 5.32 Å². The summed E-state index contributed by atoms with van der Waals surface area (Å²) in [6, 6.07) is 0. The minimum absolute atomic E-state index is 0.520. The summed E-state index contributed by atoms with van der Waals surface area (Å²) < 4.78 is 0. The SMILES string of the molecule is Cc1c(Cl)ncnc1NCCN1CCN(C)CC1. The van der Waals surface area contributed by atoms with Crippen molar-refractivity contribution in [3.8, 4) is 0 Å². The molecule has 1 aliphatic heterocycles. The molecule has 1 N–H and O–H groups in total. The Morgan fingerprint density at radius 1 is 1.28 bits per heavy atom. The van der Waals surface area contributed by atoms with Gasteiger partial charge in [-0.1, -0.05) is 11.6 Å². The topological polar surface area (TPSA) is 44.3 Å². The van der Waals surface area contributed by atoms with Crippen LogP contribution in [0.5, 0.6) is 0 Å². The molecule has 1 aliphatic rings. The van der Waals surface area contributed by atoms with Crippen molar-refractivity contribution in [2.75, 3.05) is 51.6 Å². The molecule has 2 heterocycles. The largest absolute Gasteiger partial charge is 0.368 e. The molecule has 2 rings (SSSR count). The first-order valence-electron chi connectivity index (χ1n) is 6.28. The second kappa shape index (κ2) is 6.31. The van der Waals surface area contributed by atoms with E-state index in [1.165, 1.54) is 6.33 Å². The molecule has 0 unspecified atom stereocenters. The van der Waals surface area contributed by atoms with E-state index in [4.69, 9.17) is 11.6 Å². The van der Waals surface area contributed by atoms with Gasteiger partial charge in [-0.15, -0.1) is 0 Å². The van der Waals surface area contributed by atoms with E-state index >= 15 is 0 Å². The van der Waals surface area contributed by atoms with Crippen LogP contribution in [0, 0.1) is 6.92 Å². The van der Waals surface area contributed by atoms with E-state index in [9.17, 15) is 0 Å².